The minimum atomic E-state index is -4.75. The van der Waals surface area contributed by atoms with E-state index in [0.717, 1.165) is 64.6 Å². The third-order valence-electron chi connectivity index (χ3n) is 12.3. The van der Waals surface area contributed by atoms with E-state index in [1.54, 1.807) is 4.68 Å². The Morgan fingerprint density at radius 2 is 1.94 bits per heavy atom. The highest BCUT2D eigenvalue weighted by Crippen LogP contribution is 2.49. The molecule has 0 spiro atoms. The highest BCUT2D eigenvalue weighted by atomic mass is 19.4. The second-order valence-electron chi connectivity index (χ2n) is 16.7. The number of hydrogen-bond donors (Lipinski definition) is 2. The van der Waals surface area contributed by atoms with Crippen LogP contribution in [0.15, 0.2) is 12.3 Å². The minimum Gasteiger partial charge on any atom is -0.463 e. The predicted octanol–water partition coefficient (Wildman–Crippen LogP) is 6.45. The third-order valence-corrected chi connectivity index (χ3v) is 12.3. The Hall–Kier alpha value is -3.07. The summed E-state index contributed by atoms with van der Waals surface area (Å²) in [6.07, 6.45) is 1.69. The van der Waals surface area contributed by atoms with Crippen molar-refractivity contribution in [1.82, 2.24) is 24.6 Å². The topological polar surface area (TPSA) is 109 Å². The van der Waals surface area contributed by atoms with Crippen LogP contribution in [-0.4, -0.2) is 87.0 Å². The molecule has 2 saturated carbocycles. The van der Waals surface area contributed by atoms with Gasteiger partial charge in [-0.05, 0) is 87.7 Å². The van der Waals surface area contributed by atoms with E-state index in [9.17, 15) is 27.8 Å². The van der Waals surface area contributed by atoms with E-state index in [1.165, 1.54) is 19.2 Å². The van der Waals surface area contributed by atoms with Gasteiger partial charge < -0.3 is 24.6 Å². The van der Waals surface area contributed by atoms with Crippen LogP contribution in [-0.2, 0) is 23.9 Å². The molecule has 5 atom stereocenters. The number of nitrogens with zero attached hydrogens (tertiary/aromatic N) is 6. The molecule has 1 aromatic carbocycles. The second-order valence-corrected chi connectivity index (χ2v) is 16.7. The molecule has 2 unspecified atom stereocenters. The van der Waals surface area contributed by atoms with Crippen molar-refractivity contribution in [3.63, 3.8) is 0 Å². The van der Waals surface area contributed by atoms with Crippen molar-refractivity contribution >= 4 is 16.7 Å². The van der Waals surface area contributed by atoms with Gasteiger partial charge in [0.15, 0.2) is 6.23 Å². The molecule has 8 rings (SSSR count). The molecule has 3 aromatic rings. The molecule has 2 bridgehead atoms. The number of benzene rings is 1. The fraction of sp³-hybridized carbons (Fsp3) is 0.711. The lowest BCUT2D eigenvalue weighted by Gasteiger charge is -2.39. The smallest absolute Gasteiger partial charge is 0.417 e. The van der Waals surface area contributed by atoms with E-state index in [0.29, 0.717) is 62.0 Å². The lowest BCUT2D eigenvalue weighted by molar-refractivity contribution is -0.139. The van der Waals surface area contributed by atoms with Gasteiger partial charge >= 0.3 is 12.2 Å². The Morgan fingerprint density at radius 1 is 1.12 bits per heavy atom. The molecule has 52 heavy (non-hydrogen) atoms. The SMILES string of the molecule is Cc1cc2c(cnn2C2CCCCO2)c(C(O)Cc2nc(OCC3(CN4CC[C@@H](F)C4)CC3)nc(N3C[C@H]4CC[C@@](C)(C4)C3)c2CO)c1C(F)(F)F. The van der Waals surface area contributed by atoms with Gasteiger partial charge in [0.25, 0.3) is 0 Å². The number of piperidine rings is 1. The summed E-state index contributed by atoms with van der Waals surface area (Å²) in [5.74, 6) is 0.970. The number of alkyl halides is 4. The lowest BCUT2D eigenvalue weighted by atomic mass is 9.84. The minimum absolute atomic E-state index is 0.0229. The molecule has 2 aliphatic carbocycles. The van der Waals surface area contributed by atoms with Gasteiger partial charge in [-0.3, -0.25) is 4.90 Å². The van der Waals surface area contributed by atoms with Gasteiger partial charge in [0.05, 0.1) is 42.3 Å². The van der Waals surface area contributed by atoms with E-state index in [-0.39, 0.29) is 45.5 Å². The molecular formula is C38H50F4N6O4. The number of rotatable bonds is 11. The summed E-state index contributed by atoms with van der Waals surface area (Å²) >= 11 is 0. The van der Waals surface area contributed by atoms with Crippen molar-refractivity contribution in [2.75, 3.05) is 50.8 Å². The van der Waals surface area contributed by atoms with Crippen LogP contribution in [0.5, 0.6) is 6.01 Å². The van der Waals surface area contributed by atoms with Crippen LogP contribution >= 0.6 is 0 Å². The van der Waals surface area contributed by atoms with Crippen molar-refractivity contribution in [2.24, 2.45) is 16.7 Å². The van der Waals surface area contributed by atoms with Crippen LogP contribution < -0.4 is 9.64 Å². The van der Waals surface area contributed by atoms with Gasteiger partial charge in [-0.25, -0.2) is 9.07 Å². The van der Waals surface area contributed by atoms with Gasteiger partial charge in [0, 0.05) is 67.7 Å². The largest absolute Gasteiger partial charge is 0.463 e. The molecular weight excluding hydrogens is 680 g/mol. The van der Waals surface area contributed by atoms with Crippen LogP contribution in [0.25, 0.3) is 10.9 Å². The molecule has 284 valence electrons. The number of fused-ring (bicyclic) bond motifs is 3. The summed E-state index contributed by atoms with van der Waals surface area (Å²) in [6, 6.07) is 1.54. The number of aliphatic hydroxyl groups excluding tert-OH is 2. The van der Waals surface area contributed by atoms with E-state index < -0.39 is 36.9 Å². The molecule has 0 amide bonds. The highest BCUT2D eigenvalue weighted by molar-refractivity contribution is 5.85. The van der Waals surface area contributed by atoms with Crippen molar-refractivity contribution < 1.29 is 37.2 Å². The molecule has 5 heterocycles. The van der Waals surface area contributed by atoms with Crippen molar-refractivity contribution in [1.29, 1.82) is 0 Å². The quantitative estimate of drug-likeness (QED) is 0.215. The number of aryl methyl sites for hydroxylation is 1. The number of likely N-dealkylation sites (tertiary alicyclic amines) is 1. The maximum Gasteiger partial charge on any atom is 0.417 e. The summed E-state index contributed by atoms with van der Waals surface area (Å²) in [7, 11) is 0. The van der Waals surface area contributed by atoms with Gasteiger partial charge in [0.2, 0.25) is 0 Å². The van der Waals surface area contributed by atoms with Crippen LogP contribution in [0.1, 0.15) is 105 Å². The first-order valence-electron chi connectivity index (χ1n) is 19.0. The Kier molecular flexibility index (Phi) is 9.43. The molecule has 5 fully saturated rings. The standard InChI is InChI=1S/C38H50F4N6O4/c1-23-13-29-26(16-43-48(29)31-5-3-4-12-51-31)32(33(23)38(40,41)42)30(50)14-28-27(19-49)34(47-17-24-6-8-36(2,15-24)20-47)45-35(44-28)52-22-37(9-10-37)21-46-11-7-25(39)18-46/h13,16,24-25,30-31,49-50H,3-12,14-15,17-22H2,1-2H3/t24-,25+,30?,31?,36-/m0/s1. The fourth-order valence-corrected chi connectivity index (χ4v) is 9.55. The first kappa shape index (κ1) is 35.9. The van der Waals surface area contributed by atoms with Crippen LogP contribution in [0, 0.1) is 23.7 Å². The summed E-state index contributed by atoms with van der Waals surface area (Å²) < 4.78 is 72.3. The van der Waals surface area contributed by atoms with E-state index >= 15 is 0 Å². The molecule has 0 radical (unpaired) electrons. The van der Waals surface area contributed by atoms with Crippen LogP contribution in [0.2, 0.25) is 0 Å². The number of hydrogen-bond acceptors (Lipinski definition) is 9. The fourth-order valence-electron chi connectivity index (χ4n) is 9.55. The number of aromatic nitrogens is 4. The van der Waals surface area contributed by atoms with Gasteiger partial charge in [-0.1, -0.05) is 6.92 Å². The normalized spacial score (nSPS) is 28.2. The molecule has 2 aromatic heterocycles. The summed E-state index contributed by atoms with van der Waals surface area (Å²) in [5.41, 5.74) is -0.163. The lowest BCUT2D eigenvalue weighted by Crippen LogP contribution is -2.42. The van der Waals surface area contributed by atoms with Crippen LogP contribution in [0.4, 0.5) is 23.4 Å². The molecule has 5 aliphatic rings. The molecule has 2 N–H and O–H groups in total. The zero-order chi connectivity index (χ0) is 36.4. The Morgan fingerprint density at radius 3 is 2.62 bits per heavy atom. The Balaban J connectivity index is 1.16. The monoisotopic (exact) mass is 730 g/mol. The van der Waals surface area contributed by atoms with Gasteiger partial charge in [0.1, 0.15) is 12.0 Å². The summed E-state index contributed by atoms with van der Waals surface area (Å²) in [4.78, 5) is 13.9. The Bertz CT molecular complexity index is 1790. The molecule has 3 aliphatic heterocycles. The first-order chi connectivity index (χ1) is 24.8. The number of ether oxygens (including phenoxy) is 2. The second kappa shape index (κ2) is 13.7. The number of aliphatic hydroxyl groups is 2. The highest BCUT2D eigenvalue weighted by Gasteiger charge is 2.47. The van der Waals surface area contributed by atoms with E-state index in [4.69, 9.17) is 19.4 Å². The molecule has 14 heteroatoms. The molecule has 3 saturated heterocycles. The number of halogens is 4. The Labute approximate surface area is 301 Å². The van der Waals surface area contributed by atoms with Gasteiger partial charge in [-0.2, -0.15) is 28.2 Å². The van der Waals surface area contributed by atoms with Gasteiger partial charge in [-0.15, -0.1) is 0 Å². The average molecular weight is 731 g/mol. The van der Waals surface area contributed by atoms with E-state index in [2.05, 4.69) is 21.8 Å². The van der Waals surface area contributed by atoms with E-state index in [1.807, 2.05) is 0 Å². The van der Waals surface area contributed by atoms with Crippen molar-refractivity contribution in [3.8, 4) is 6.01 Å². The van der Waals surface area contributed by atoms with Crippen molar-refractivity contribution in [3.05, 3.63) is 40.2 Å². The third kappa shape index (κ3) is 7.00. The maximum atomic E-state index is 14.8. The predicted molar refractivity (Wildman–Crippen MR) is 186 cm³/mol. The number of anilines is 1. The first-order valence-corrected chi connectivity index (χ1v) is 19.0. The summed E-state index contributed by atoms with van der Waals surface area (Å²) in [6.45, 7) is 7.38. The zero-order valence-corrected chi connectivity index (χ0v) is 30.1. The zero-order valence-electron chi connectivity index (χ0n) is 30.1. The van der Waals surface area contributed by atoms with Crippen LogP contribution in [0.3, 0.4) is 0 Å². The molecule has 10 nitrogen and oxygen atoms in total. The summed E-state index contributed by atoms with van der Waals surface area (Å²) in [5, 5.41) is 27.5. The average Bonchev–Trinajstić information content (AvgIpc) is 3.37. The maximum absolute atomic E-state index is 14.8. The van der Waals surface area contributed by atoms with Crippen molar-refractivity contribution in [2.45, 2.75) is 109 Å².